The Labute approximate surface area is 256 Å². The zero-order valence-electron chi connectivity index (χ0n) is 24.8. The summed E-state index contributed by atoms with van der Waals surface area (Å²) in [6, 6.07) is 11.1. The normalized spacial score (nSPS) is 15.5. The first-order chi connectivity index (χ1) is 21.1. The fraction of sp³-hybridized carbons (Fsp3) is 0.375. The van der Waals surface area contributed by atoms with Gasteiger partial charge in [-0.2, -0.15) is 31.4 Å². The van der Waals surface area contributed by atoms with E-state index in [1.807, 2.05) is 45.0 Å². The quantitative estimate of drug-likeness (QED) is 0.188. The lowest BCUT2D eigenvalue weighted by Crippen LogP contribution is -2.48. The minimum Gasteiger partial charge on any atom is -0.454 e. The Morgan fingerprint density at radius 2 is 1.69 bits per heavy atom. The molecule has 13 heteroatoms. The van der Waals surface area contributed by atoms with Crippen LogP contribution in [-0.4, -0.2) is 46.7 Å². The van der Waals surface area contributed by atoms with Crippen LogP contribution in [0.25, 0.3) is 10.9 Å². The van der Waals surface area contributed by atoms with Gasteiger partial charge in [-0.25, -0.2) is 4.79 Å². The number of hydrazone groups is 1. The number of carbonyl (C=O) groups is 2. The Morgan fingerprint density at radius 1 is 1.00 bits per heavy atom. The number of halogens is 6. The topological polar surface area (TPSA) is 83.9 Å². The number of aromatic nitrogens is 1. The molecule has 240 valence electrons. The van der Waals surface area contributed by atoms with Crippen LogP contribution in [0.4, 0.5) is 26.3 Å². The van der Waals surface area contributed by atoms with E-state index in [1.54, 1.807) is 18.6 Å². The summed E-state index contributed by atoms with van der Waals surface area (Å²) in [7, 11) is 0. The monoisotopic (exact) mass is 634 g/mol. The Kier molecular flexibility index (Phi) is 10.0. The summed E-state index contributed by atoms with van der Waals surface area (Å²) in [4.78, 5) is 29.6. The van der Waals surface area contributed by atoms with E-state index >= 15 is 0 Å². The number of fused-ring (bicyclic) bond motifs is 1. The van der Waals surface area contributed by atoms with Crippen LogP contribution in [0.15, 0.2) is 71.6 Å². The highest BCUT2D eigenvalue weighted by Gasteiger charge is 2.43. The number of ketones is 1. The third kappa shape index (κ3) is 8.07. The van der Waals surface area contributed by atoms with Gasteiger partial charge in [-0.05, 0) is 67.2 Å². The number of ether oxygens (including phenoxy) is 1. The smallest absolute Gasteiger partial charge is 0.417 e. The van der Waals surface area contributed by atoms with Crippen molar-refractivity contribution in [3.8, 4) is 0 Å². The van der Waals surface area contributed by atoms with E-state index in [4.69, 9.17) is 0 Å². The van der Waals surface area contributed by atoms with Crippen molar-refractivity contribution in [2.75, 3.05) is 13.2 Å². The van der Waals surface area contributed by atoms with Crippen molar-refractivity contribution in [3.63, 3.8) is 0 Å². The van der Waals surface area contributed by atoms with Crippen LogP contribution in [0.1, 0.15) is 60.7 Å². The molecular formula is C32H32F6N4O3. The number of carbonyl (C=O) groups excluding carboxylic acids is 2. The zero-order valence-corrected chi connectivity index (χ0v) is 24.8. The van der Waals surface area contributed by atoms with E-state index in [9.17, 15) is 35.9 Å². The second-order valence-corrected chi connectivity index (χ2v) is 11.2. The van der Waals surface area contributed by atoms with Crippen molar-refractivity contribution < 1.29 is 40.7 Å². The molecule has 1 aliphatic heterocycles. The van der Waals surface area contributed by atoms with Crippen molar-refractivity contribution >= 4 is 28.9 Å². The summed E-state index contributed by atoms with van der Waals surface area (Å²) in [6.45, 7) is 5.20. The molecule has 0 aliphatic carbocycles. The summed E-state index contributed by atoms with van der Waals surface area (Å²) >= 11 is 0. The molecule has 0 bridgehead atoms. The molecule has 2 aromatic carbocycles. The lowest BCUT2D eigenvalue weighted by atomic mass is 9.79. The lowest BCUT2D eigenvalue weighted by molar-refractivity contribution is -0.144. The molecule has 7 nitrogen and oxygen atoms in total. The maximum Gasteiger partial charge on any atom is 0.417 e. The molecule has 1 aliphatic rings. The van der Waals surface area contributed by atoms with E-state index in [-0.39, 0.29) is 5.92 Å². The van der Waals surface area contributed by atoms with Crippen molar-refractivity contribution in [2.24, 2.45) is 11.0 Å². The van der Waals surface area contributed by atoms with E-state index in [0.29, 0.717) is 37.6 Å². The molecular weight excluding hydrogens is 602 g/mol. The average Bonchev–Trinajstić information content (AvgIpc) is 3.23. The standard InChI is InChI=1S/C32H32F6N4O3/c1-20(2)30(3,40-16-21-11-12-27-22(15-21)7-5-13-39-27)23-8-6-14-41-42(17-23)18-24(43)19-45-29(44)28-25(31(33,34)35)9-4-10-26(28)32(36,37)38/h4-5,7,9-15,17,20,40H,6,8,16,18-19H2,1-3H3/t30-/m0/s1. The van der Waals surface area contributed by atoms with Gasteiger partial charge in [0.2, 0.25) is 0 Å². The zero-order chi connectivity index (χ0) is 33.0. The molecule has 0 saturated carbocycles. The first kappa shape index (κ1) is 33.6. The molecule has 0 spiro atoms. The molecule has 45 heavy (non-hydrogen) atoms. The van der Waals surface area contributed by atoms with Gasteiger partial charge in [-0.1, -0.05) is 32.0 Å². The molecule has 1 aromatic heterocycles. The van der Waals surface area contributed by atoms with Crippen LogP contribution < -0.4 is 5.32 Å². The maximum atomic E-state index is 13.4. The van der Waals surface area contributed by atoms with Crippen LogP contribution >= 0.6 is 0 Å². The van der Waals surface area contributed by atoms with Crippen molar-refractivity contribution in [2.45, 2.75) is 58.0 Å². The van der Waals surface area contributed by atoms with Gasteiger partial charge in [0, 0.05) is 36.1 Å². The van der Waals surface area contributed by atoms with Gasteiger partial charge in [-0.3, -0.25) is 14.8 Å². The van der Waals surface area contributed by atoms with E-state index < -0.39 is 59.5 Å². The van der Waals surface area contributed by atoms with Crippen LogP contribution in [0, 0.1) is 5.92 Å². The minimum absolute atomic E-state index is 0.0963. The van der Waals surface area contributed by atoms with Gasteiger partial charge >= 0.3 is 18.3 Å². The molecule has 3 aromatic rings. The number of pyridine rings is 1. The van der Waals surface area contributed by atoms with Crippen LogP contribution in [0.5, 0.6) is 0 Å². The van der Waals surface area contributed by atoms with Crippen LogP contribution in [-0.2, 0) is 28.4 Å². The van der Waals surface area contributed by atoms with Crippen molar-refractivity contribution in [3.05, 3.63) is 88.8 Å². The van der Waals surface area contributed by atoms with Gasteiger partial charge in [0.25, 0.3) is 0 Å². The largest absolute Gasteiger partial charge is 0.454 e. The highest BCUT2D eigenvalue weighted by molar-refractivity contribution is 5.95. The highest BCUT2D eigenvalue weighted by Crippen LogP contribution is 2.39. The van der Waals surface area contributed by atoms with Gasteiger partial charge in [0.1, 0.15) is 6.54 Å². The van der Waals surface area contributed by atoms with Crippen molar-refractivity contribution in [1.82, 2.24) is 15.3 Å². The molecule has 0 fully saturated rings. The number of hydrogen-bond donors (Lipinski definition) is 1. The van der Waals surface area contributed by atoms with E-state index in [1.165, 1.54) is 5.01 Å². The number of rotatable bonds is 10. The van der Waals surface area contributed by atoms with Gasteiger partial charge in [0.15, 0.2) is 12.4 Å². The first-order valence-electron chi connectivity index (χ1n) is 14.1. The van der Waals surface area contributed by atoms with Crippen LogP contribution in [0.2, 0.25) is 0 Å². The molecule has 0 saturated heterocycles. The summed E-state index contributed by atoms with van der Waals surface area (Å²) in [5.74, 6) is -2.58. The number of alkyl halides is 6. The fourth-order valence-electron chi connectivity index (χ4n) is 5.04. The maximum absolute atomic E-state index is 13.4. The average molecular weight is 635 g/mol. The van der Waals surface area contributed by atoms with E-state index in [0.717, 1.165) is 22.0 Å². The highest BCUT2D eigenvalue weighted by atomic mass is 19.4. The summed E-state index contributed by atoms with van der Waals surface area (Å²) < 4.78 is 85.4. The predicted molar refractivity (Wildman–Crippen MR) is 156 cm³/mol. The third-order valence-corrected chi connectivity index (χ3v) is 7.81. The number of esters is 1. The first-order valence-corrected chi connectivity index (χ1v) is 14.1. The van der Waals surface area contributed by atoms with E-state index in [2.05, 4.69) is 26.2 Å². The van der Waals surface area contributed by atoms with Gasteiger partial charge in [-0.15, -0.1) is 0 Å². The molecule has 1 N–H and O–H groups in total. The number of hydrogen-bond acceptors (Lipinski definition) is 7. The molecule has 0 unspecified atom stereocenters. The number of nitrogens with one attached hydrogen (secondary N) is 1. The summed E-state index contributed by atoms with van der Waals surface area (Å²) in [5.41, 5.74) is -2.99. The van der Waals surface area contributed by atoms with Gasteiger partial charge in [0.05, 0.1) is 22.2 Å². The number of nitrogens with zero attached hydrogens (tertiary/aromatic N) is 3. The summed E-state index contributed by atoms with van der Waals surface area (Å²) in [6.07, 6.45) is -4.31. The summed E-state index contributed by atoms with van der Waals surface area (Å²) in [5, 5.41) is 10.2. The number of benzene rings is 2. The predicted octanol–water partition coefficient (Wildman–Crippen LogP) is 7.17. The Bertz CT molecular complexity index is 1580. The Morgan fingerprint density at radius 3 is 2.33 bits per heavy atom. The number of Topliss-reactive ketones (excluding diaryl/α,β-unsaturated/α-hetero) is 1. The lowest BCUT2D eigenvalue weighted by Gasteiger charge is -2.38. The molecule has 1 atom stereocenters. The molecule has 2 heterocycles. The van der Waals surface area contributed by atoms with Crippen LogP contribution in [0.3, 0.4) is 0 Å². The third-order valence-electron chi connectivity index (χ3n) is 7.81. The second kappa shape index (κ2) is 13.4. The van der Waals surface area contributed by atoms with Crippen molar-refractivity contribution in [1.29, 1.82) is 0 Å². The molecule has 0 amide bonds. The Balaban J connectivity index is 1.47. The fourth-order valence-corrected chi connectivity index (χ4v) is 5.04. The minimum atomic E-state index is -5.26. The molecule has 4 rings (SSSR count). The molecule has 0 radical (unpaired) electrons. The second-order valence-electron chi connectivity index (χ2n) is 11.2. The Hall–Kier alpha value is -4.26. The SMILES string of the molecule is CC(C)[C@](C)(NCc1ccc2ncccc2c1)C1=CN(CC(=O)COC(=O)c2c(C(F)(F)F)cccc2C(F)(F)F)N=CCC1. The van der Waals surface area contributed by atoms with Gasteiger partial charge < -0.3 is 10.1 Å².